The topological polar surface area (TPSA) is 80.8 Å². The predicted octanol–water partition coefficient (Wildman–Crippen LogP) is 4.85. The molecule has 0 radical (unpaired) electrons. The van der Waals surface area contributed by atoms with E-state index in [1.54, 1.807) is 25.1 Å². The van der Waals surface area contributed by atoms with Crippen LogP contribution >= 0.6 is 11.3 Å². The Morgan fingerprint density at radius 3 is 2.34 bits per heavy atom. The van der Waals surface area contributed by atoms with Gasteiger partial charge < -0.3 is 0 Å². The van der Waals surface area contributed by atoms with E-state index in [9.17, 15) is 21.2 Å². The van der Waals surface area contributed by atoms with Gasteiger partial charge in [-0.25, -0.2) is 12.8 Å². The Hall–Kier alpha value is -1.85. The summed E-state index contributed by atoms with van der Waals surface area (Å²) in [6.07, 6.45) is -0.371. The van der Waals surface area contributed by atoms with Gasteiger partial charge in [-0.05, 0) is 68.5 Å². The molecule has 0 aliphatic carbocycles. The highest BCUT2D eigenvalue weighted by Gasteiger charge is 2.31. The van der Waals surface area contributed by atoms with Gasteiger partial charge in [-0.1, -0.05) is 24.6 Å². The Balaban J connectivity index is 1.87. The highest BCUT2D eigenvalue weighted by Crippen LogP contribution is 2.36. The molecule has 0 spiro atoms. The lowest BCUT2D eigenvalue weighted by Crippen LogP contribution is -2.38. The average Bonchev–Trinajstić information content (AvgIpc) is 3.04. The monoisotopic (exact) mass is 499 g/mol. The Labute approximate surface area is 192 Å². The molecule has 0 aliphatic rings. The summed E-state index contributed by atoms with van der Waals surface area (Å²) in [6.45, 7) is 6.92. The highest BCUT2D eigenvalue weighted by atomic mass is 32.2. The molecule has 10 heteroatoms. The maximum atomic E-state index is 13.7. The molecule has 0 amide bonds. The van der Waals surface area contributed by atoms with Crippen LogP contribution in [0.15, 0.2) is 51.6 Å². The van der Waals surface area contributed by atoms with E-state index in [1.165, 1.54) is 35.5 Å². The molecule has 6 nitrogen and oxygen atoms in total. The second kappa shape index (κ2) is 9.56. The molecular formula is C22H26FNO5S3. The number of hydrogen-bond donors (Lipinski definition) is 0. The summed E-state index contributed by atoms with van der Waals surface area (Å²) in [5.74, 6) is -0.434. The van der Waals surface area contributed by atoms with E-state index in [1.807, 2.05) is 13.8 Å². The van der Waals surface area contributed by atoms with Gasteiger partial charge in [-0.2, -0.15) is 12.7 Å². The summed E-state index contributed by atoms with van der Waals surface area (Å²) in [7, 11) is -7.98. The molecule has 32 heavy (non-hydrogen) atoms. The molecule has 1 aromatic heterocycles. The van der Waals surface area contributed by atoms with E-state index in [0.717, 1.165) is 16.9 Å². The van der Waals surface area contributed by atoms with E-state index in [0.29, 0.717) is 22.1 Å². The van der Waals surface area contributed by atoms with Crippen molar-refractivity contribution in [2.75, 3.05) is 13.1 Å². The summed E-state index contributed by atoms with van der Waals surface area (Å²) in [6, 6.07) is 10.4. The fourth-order valence-electron chi connectivity index (χ4n) is 3.39. The maximum absolute atomic E-state index is 13.7. The molecule has 3 rings (SSSR count). The third-order valence-electron chi connectivity index (χ3n) is 4.96. The van der Waals surface area contributed by atoms with E-state index in [4.69, 9.17) is 4.18 Å². The number of hydrogen-bond acceptors (Lipinski definition) is 6. The molecule has 0 N–H and O–H groups in total. The van der Waals surface area contributed by atoms with Crippen LogP contribution < -0.4 is 0 Å². The van der Waals surface area contributed by atoms with Gasteiger partial charge >= 0.3 is 0 Å². The van der Waals surface area contributed by atoms with Gasteiger partial charge in [0.05, 0.1) is 11.0 Å². The largest absolute Gasteiger partial charge is 0.297 e. The van der Waals surface area contributed by atoms with Crippen LogP contribution in [-0.4, -0.2) is 40.3 Å². The maximum Gasteiger partial charge on any atom is 0.297 e. The molecule has 0 saturated heterocycles. The molecule has 1 unspecified atom stereocenters. The van der Waals surface area contributed by atoms with Crippen LogP contribution in [0, 0.1) is 19.7 Å². The van der Waals surface area contributed by atoms with Gasteiger partial charge in [0, 0.05) is 17.8 Å². The van der Waals surface area contributed by atoms with E-state index >= 15 is 0 Å². The van der Waals surface area contributed by atoms with Crippen molar-refractivity contribution in [2.24, 2.45) is 0 Å². The molecule has 0 saturated carbocycles. The SMILES string of the molecule is CCCN(CC(C)OS(=O)(=O)c1ccc(C)cc1)S(=O)(=O)c1sc2ccc(F)cc2c1C. The Kier molecular flexibility index (Phi) is 7.41. The molecule has 0 aliphatic heterocycles. The number of benzene rings is 2. The third-order valence-corrected chi connectivity index (χ3v) is 10.1. The number of thiophene rings is 1. The van der Waals surface area contributed by atoms with Crippen LogP contribution in [0.2, 0.25) is 0 Å². The lowest BCUT2D eigenvalue weighted by molar-refractivity contribution is 0.193. The van der Waals surface area contributed by atoms with E-state index < -0.39 is 32.1 Å². The molecule has 3 aromatic rings. The van der Waals surface area contributed by atoms with Crippen molar-refractivity contribution in [3.8, 4) is 0 Å². The predicted molar refractivity (Wildman–Crippen MR) is 124 cm³/mol. The second-order valence-corrected chi connectivity index (χ2v) is 12.4. The normalized spacial score (nSPS) is 13.7. The van der Waals surface area contributed by atoms with Crippen LogP contribution in [0.4, 0.5) is 4.39 Å². The fourth-order valence-corrected chi connectivity index (χ4v) is 7.95. The van der Waals surface area contributed by atoms with Crippen molar-refractivity contribution >= 4 is 41.6 Å². The van der Waals surface area contributed by atoms with Gasteiger partial charge in [0.2, 0.25) is 0 Å². The van der Waals surface area contributed by atoms with E-state index in [2.05, 4.69) is 0 Å². The minimum Gasteiger partial charge on any atom is -0.262 e. The second-order valence-electron chi connectivity index (χ2n) is 7.69. The Morgan fingerprint density at radius 1 is 1.06 bits per heavy atom. The van der Waals surface area contributed by atoms with Crippen molar-refractivity contribution in [1.29, 1.82) is 0 Å². The lowest BCUT2D eigenvalue weighted by Gasteiger charge is -2.24. The molecule has 174 valence electrons. The smallest absolute Gasteiger partial charge is 0.262 e. The minimum atomic E-state index is -4.04. The van der Waals surface area contributed by atoms with Crippen molar-refractivity contribution in [3.05, 3.63) is 59.4 Å². The first kappa shape index (κ1) is 24.8. The number of halogens is 1. The summed E-state index contributed by atoms with van der Waals surface area (Å²) in [5.41, 5.74) is 1.39. The van der Waals surface area contributed by atoms with Crippen molar-refractivity contribution in [1.82, 2.24) is 4.31 Å². The molecule has 1 heterocycles. The van der Waals surface area contributed by atoms with Crippen LogP contribution in [0.25, 0.3) is 10.1 Å². The molecular weight excluding hydrogens is 473 g/mol. The minimum absolute atomic E-state index is 0.0160. The van der Waals surface area contributed by atoms with Crippen LogP contribution in [0.1, 0.15) is 31.4 Å². The zero-order valence-electron chi connectivity index (χ0n) is 18.3. The summed E-state index contributed by atoms with van der Waals surface area (Å²) in [4.78, 5) is 0.0160. The van der Waals surface area contributed by atoms with E-state index in [-0.39, 0.29) is 22.2 Å². The Morgan fingerprint density at radius 2 is 1.72 bits per heavy atom. The number of nitrogens with zero attached hydrogens (tertiary/aromatic N) is 1. The van der Waals surface area contributed by atoms with Gasteiger partial charge in [-0.3, -0.25) is 4.18 Å². The number of sulfonamides is 1. The van der Waals surface area contributed by atoms with Gasteiger partial charge in [-0.15, -0.1) is 11.3 Å². The first-order chi connectivity index (χ1) is 15.0. The summed E-state index contributed by atoms with van der Waals surface area (Å²) >= 11 is 1.08. The van der Waals surface area contributed by atoms with Gasteiger partial charge in [0.15, 0.2) is 0 Å². The zero-order chi connectivity index (χ0) is 23.7. The van der Waals surface area contributed by atoms with Gasteiger partial charge in [0.1, 0.15) is 10.0 Å². The quantitative estimate of drug-likeness (QED) is 0.393. The standard InChI is InChI=1S/C22H26FNO5S3/c1-5-12-24(14-16(3)29-32(27,28)19-9-6-15(2)7-10-19)31(25,26)22-17(4)20-13-18(23)8-11-21(20)30-22/h6-11,13,16H,5,12,14H2,1-4H3. The molecule has 0 bridgehead atoms. The lowest BCUT2D eigenvalue weighted by atomic mass is 10.2. The molecule has 1 atom stereocenters. The van der Waals surface area contributed by atoms with Crippen LogP contribution in [0.3, 0.4) is 0 Å². The first-order valence-electron chi connectivity index (χ1n) is 10.1. The Bertz CT molecular complexity index is 1320. The number of fused-ring (bicyclic) bond motifs is 1. The summed E-state index contributed by atoms with van der Waals surface area (Å²) in [5, 5.41) is 0.552. The van der Waals surface area contributed by atoms with Crippen molar-refractivity contribution in [3.63, 3.8) is 0 Å². The summed E-state index contributed by atoms with van der Waals surface area (Å²) < 4.78 is 73.1. The highest BCUT2D eigenvalue weighted by molar-refractivity contribution is 7.91. The zero-order valence-corrected chi connectivity index (χ0v) is 20.8. The van der Waals surface area contributed by atoms with Crippen molar-refractivity contribution in [2.45, 2.75) is 49.3 Å². The average molecular weight is 500 g/mol. The van der Waals surface area contributed by atoms with Gasteiger partial charge in [0.25, 0.3) is 20.1 Å². The number of aryl methyl sites for hydroxylation is 2. The van der Waals surface area contributed by atoms with Crippen LogP contribution in [-0.2, 0) is 24.3 Å². The number of rotatable bonds is 9. The fraction of sp³-hybridized carbons (Fsp3) is 0.364. The first-order valence-corrected chi connectivity index (χ1v) is 13.8. The third kappa shape index (κ3) is 5.20. The van der Waals surface area contributed by atoms with Crippen LogP contribution in [0.5, 0.6) is 0 Å². The molecule has 2 aromatic carbocycles. The molecule has 0 fully saturated rings. The van der Waals surface area contributed by atoms with Crippen molar-refractivity contribution < 1.29 is 25.4 Å².